The lowest BCUT2D eigenvalue weighted by molar-refractivity contribution is -0.149. The molecule has 0 aliphatic carbocycles. The highest BCUT2D eigenvalue weighted by Crippen LogP contribution is 2.26. The minimum Gasteiger partial charge on any atom is -0.506 e. The van der Waals surface area contributed by atoms with Crippen LogP contribution in [0.2, 0.25) is 0 Å². The zero-order chi connectivity index (χ0) is 23.2. The third-order valence-corrected chi connectivity index (χ3v) is 4.59. The summed E-state index contributed by atoms with van der Waals surface area (Å²) >= 11 is 0. The smallest absolute Gasteiger partial charge is 0.396 e. The molecule has 1 atom stereocenters. The number of aromatic hydroxyl groups is 1. The molecule has 0 aromatic heterocycles. The molecule has 2 rings (SSSR count). The van der Waals surface area contributed by atoms with Gasteiger partial charge >= 0.3 is 12.2 Å². The zero-order valence-corrected chi connectivity index (χ0v) is 17.1. The molecule has 1 amide bonds. The SMILES string of the molecule is C=C(/N=C(\N=C/C(C)C(F)(F)F)OC1CCN(C)CC1)C(=O)Nc1c(O)cccc1F. The Morgan fingerprint density at radius 2 is 2.03 bits per heavy atom. The highest BCUT2D eigenvalue weighted by molar-refractivity contribution is 6.05. The maximum atomic E-state index is 13.8. The van der Waals surface area contributed by atoms with Gasteiger partial charge in [0.25, 0.3) is 5.91 Å². The number of halogens is 4. The Bertz CT molecular complexity index is 842. The number of carbonyl (C=O) groups excluding carboxylic acids is 1. The van der Waals surface area contributed by atoms with Gasteiger partial charge in [0.15, 0.2) is 5.82 Å². The third kappa shape index (κ3) is 7.35. The molecular formula is C20H24F4N4O3. The molecule has 1 fully saturated rings. The second kappa shape index (κ2) is 10.4. The van der Waals surface area contributed by atoms with Crippen molar-refractivity contribution in [3.05, 3.63) is 36.3 Å². The number of benzene rings is 1. The molecule has 1 unspecified atom stereocenters. The van der Waals surface area contributed by atoms with Gasteiger partial charge in [-0.2, -0.15) is 18.2 Å². The fourth-order valence-electron chi connectivity index (χ4n) is 2.59. The third-order valence-electron chi connectivity index (χ3n) is 4.59. The van der Waals surface area contributed by atoms with Crippen molar-refractivity contribution in [2.45, 2.75) is 32.0 Å². The van der Waals surface area contributed by atoms with Gasteiger partial charge in [0, 0.05) is 19.3 Å². The van der Waals surface area contributed by atoms with Gasteiger partial charge in [0.05, 0.1) is 5.92 Å². The number of alkyl halides is 3. The van der Waals surface area contributed by atoms with Crippen molar-refractivity contribution >= 4 is 23.8 Å². The van der Waals surface area contributed by atoms with Gasteiger partial charge in [-0.05, 0) is 38.9 Å². The van der Waals surface area contributed by atoms with E-state index in [1.165, 1.54) is 12.1 Å². The number of nitrogens with one attached hydrogen (secondary N) is 1. The molecule has 1 heterocycles. The van der Waals surface area contributed by atoms with E-state index in [9.17, 15) is 27.5 Å². The number of likely N-dealkylation sites (tertiary alicyclic amines) is 1. The van der Waals surface area contributed by atoms with Crippen molar-refractivity contribution in [3.63, 3.8) is 0 Å². The molecule has 1 aromatic rings. The Balaban J connectivity index is 2.18. The van der Waals surface area contributed by atoms with Crippen LogP contribution in [0.3, 0.4) is 0 Å². The molecule has 0 spiro atoms. The number of carbonyl (C=O) groups is 1. The monoisotopic (exact) mass is 444 g/mol. The van der Waals surface area contributed by atoms with Crippen LogP contribution in [0, 0.1) is 11.7 Å². The fourth-order valence-corrected chi connectivity index (χ4v) is 2.59. The molecule has 31 heavy (non-hydrogen) atoms. The largest absolute Gasteiger partial charge is 0.506 e. The first-order valence-electron chi connectivity index (χ1n) is 9.50. The van der Waals surface area contributed by atoms with Gasteiger partial charge in [-0.25, -0.2) is 9.38 Å². The second-order valence-corrected chi connectivity index (χ2v) is 7.16. The zero-order valence-electron chi connectivity index (χ0n) is 17.1. The molecule has 7 nitrogen and oxygen atoms in total. The normalized spacial score (nSPS) is 17.5. The van der Waals surface area contributed by atoms with Crippen molar-refractivity contribution in [1.82, 2.24) is 4.90 Å². The van der Waals surface area contributed by atoms with Gasteiger partial charge in [0.2, 0.25) is 0 Å². The lowest BCUT2D eigenvalue weighted by Gasteiger charge is -2.28. The van der Waals surface area contributed by atoms with Crippen LogP contribution in [0.25, 0.3) is 0 Å². The lowest BCUT2D eigenvalue weighted by Crippen LogP contribution is -2.35. The summed E-state index contributed by atoms with van der Waals surface area (Å²) in [5, 5.41) is 11.8. The second-order valence-electron chi connectivity index (χ2n) is 7.16. The number of aliphatic imine (C=N–C) groups is 2. The first kappa shape index (κ1) is 24.3. The molecule has 0 saturated carbocycles. The van der Waals surface area contributed by atoms with Crippen molar-refractivity contribution in [2.75, 3.05) is 25.5 Å². The van der Waals surface area contributed by atoms with Crippen LogP contribution in [0.15, 0.2) is 40.5 Å². The number of rotatable bonds is 5. The highest BCUT2D eigenvalue weighted by Gasteiger charge is 2.34. The molecule has 0 radical (unpaired) electrons. The molecule has 2 N–H and O–H groups in total. The number of hydrogen-bond acceptors (Lipinski definition) is 5. The summed E-state index contributed by atoms with van der Waals surface area (Å²) in [6.07, 6.45) is -3.02. The Kier molecular flexibility index (Phi) is 8.14. The average molecular weight is 444 g/mol. The number of phenols is 1. The minimum atomic E-state index is -4.50. The van der Waals surface area contributed by atoms with Gasteiger partial charge in [-0.1, -0.05) is 12.6 Å². The molecule has 1 aromatic carbocycles. The van der Waals surface area contributed by atoms with E-state index in [2.05, 4.69) is 26.8 Å². The summed E-state index contributed by atoms with van der Waals surface area (Å²) in [5.41, 5.74) is -0.960. The summed E-state index contributed by atoms with van der Waals surface area (Å²) in [6, 6.07) is 2.99. The van der Waals surface area contributed by atoms with E-state index < -0.39 is 47.0 Å². The van der Waals surface area contributed by atoms with E-state index in [4.69, 9.17) is 4.74 Å². The predicted octanol–water partition coefficient (Wildman–Crippen LogP) is 3.72. The van der Waals surface area contributed by atoms with Crippen molar-refractivity contribution in [1.29, 1.82) is 0 Å². The fraction of sp³-hybridized carbons (Fsp3) is 0.450. The molecule has 11 heteroatoms. The summed E-state index contributed by atoms with van der Waals surface area (Å²) in [5.74, 6) is -4.24. The molecular weight excluding hydrogens is 420 g/mol. The summed E-state index contributed by atoms with van der Waals surface area (Å²) in [6.45, 7) is 5.79. The average Bonchev–Trinajstić information content (AvgIpc) is 2.69. The Morgan fingerprint density at radius 1 is 1.39 bits per heavy atom. The number of nitrogens with zero attached hydrogens (tertiary/aromatic N) is 3. The molecule has 1 aliphatic heterocycles. The van der Waals surface area contributed by atoms with Crippen LogP contribution >= 0.6 is 0 Å². The number of piperidine rings is 1. The summed E-state index contributed by atoms with van der Waals surface area (Å²) < 4.78 is 57.8. The predicted molar refractivity (Wildman–Crippen MR) is 109 cm³/mol. The first-order chi connectivity index (χ1) is 14.5. The van der Waals surface area contributed by atoms with E-state index in [0.29, 0.717) is 32.1 Å². The van der Waals surface area contributed by atoms with Crippen LogP contribution < -0.4 is 5.32 Å². The molecule has 1 aliphatic rings. The summed E-state index contributed by atoms with van der Waals surface area (Å²) in [7, 11) is 1.93. The van der Waals surface area contributed by atoms with Crippen LogP contribution in [0.5, 0.6) is 5.75 Å². The number of para-hydroxylation sites is 1. The van der Waals surface area contributed by atoms with Gasteiger partial charge in [0.1, 0.15) is 23.2 Å². The van der Waals surface area contributed by atoms with Gasteiger partial charge in [-0.15, -0.1) is 0 Å². The number of amides is 1. The quantitative estimate of drug-likeness (QED) is 0.238. The van der Waals surface area contributed by atoms with Crippen LogP contribution in [-0.2, 0) is 9.53 Å². The topological polar surface area (TPSA) is 86.5 Å². The Hall–Kier alpha value is -2.95. The molecule has 1 saturated heterocycles. The van der Waals surface area contributed by atoms with Crippen LogP contribution in [0.4, 0.5) is 23.2 Å². The van der Waals surface area contributed by atoms with E-state index in [1.807, 2.05) is 7.05 Å². The van der Waals surface area contributed by atoms with E-state index in [0.717, 1.165) is 13.0 Å². The maximum Gasteiger partial charge on any atom is 0.396 e. The molecule has 170 valence electrons. The number of hydrogen-bond donors (Lipinski definition) is 2. The van der Waals surface area contributed by atoms with Gasteiger partial charge in [-0.3, -0.25) is 4.79 Å². The van der Waals surface area contributed by atoms with Crippen LogP contribution in [0.1, 0.15) is 19.8 Å². The van der Waals surface area contributed by atoms with Crippen LogP contribution in [-0.4, -0.2) is 60.6 Å². The van der Waals surface area contributed by atoms with E-state index in [-0.39, 0.29) is 6.10 Å². The van der Waals surface area contributed by atoms with E-state index >= 15 is 0 Å². The standard InChI is InChI=1S/C20H24F4N4O3/c1-12(20(22,23)24)11-25-19(31-14-7-9-28(3)10-8-14)26-13(2)18(30)27-17-15(21)5-4-6-16(17)29/h4-6,11-12,14,29H,2,7-10H2,1,3H3,(H,27,30)/b25-11-,26-19+. The highest BCUT2D eigenvalue weighted by atomic mass is 19.4. The Labute approximate surface area is 177 Å². The van der Waals surface area contributed by atoms with Crippen molar-refractivity contribution < 1.29 is 32.2 Å². The summed E-state index contributed by atoms with van der Waals surface area (Å²) in [4.78, 5) is 21.8. The van der Waals surface area contributed by atoms with Crippen molar-refractivity contribution in [2.24, 2.45) is 15.9 Å². The lowest BCUT2D eigenvalue weighted by atomic mass is 10.1. The molecule has 0 bridgehead atoms. The van der Waals surface area contributed by atoms with Gasteiger partial charge < -0.3 is 20.1 Å². The number of ether oxygens (including phenoxy) is 1. The maximum absolute atomic E-state index is 13.8. The minimum absolute atomic E-state index is 0.347. The number of phenolic OH excluding ortho intramolecular Hbond substituents is 1. The van der Waals surface area contributed by atoms with E-state index in [1.54, 1.807) is 0 Å². The number of amidine groups is 1. The number of anilines is 1. The Morgan fingerprint density at radius 3 is 2.61 bits per heavy atom. The van der Waals surface area contributed by atoms with Crippen molar-refractivity contribution in [3.8, 4) is 5.75 Å². The first-order valence-corrected chi connectivity index (χ1v) is 9.50.